The molecule has 0 aliphatic carbocycles. The standard InChI is InChI=1S/C21H17N3O2S/c25-20-14-27-21(23-20)24-22-12-18-17-9-5-4-8-16(17)10-11-19(18)26-13-15-6-2-1-3-7-15/h1-12H,13-14H2,(H,23,24,25). The van der Waals surface area contributed by atoms with E-state index in [1.807, 2.05) is 66.7 Å². The number of nitrogens with zero attached hydrogens (tertiary/aromatic N) is 2. The smallest absolute Gasteiger partial charge is 0.236 e. The average Bonchev–Trinajstić information content (AvgIpc) is 3.13. The van der Waals surface area contributed by atoms with Gasteiger partial charge in [0.2, 0.25) is 5.91 Å². The van der Waals surface area contributed by atoms with Crippen LogP contribution >= 0.6 is 11.8 Å². The second-order valence-electron chi connectivity index (χ2n) is 5.96. The Bertz CT molecular complexity index is 1030. The molecule has 6 heteroatoms. The molecule has 134 valence electrons. The molecule has 1 saturated heterocycles. The summed E-state index contributed by atoms with van der Waals surface area (Å²) in [5, 5.41) is 13.6. The Morgan fingerprint density at radius 2 is 1.85 bits per heavy atom. The molecule has 3 aromatic carbocycles. The third-order valence-electron chi connectivity index (χ3n) is 4.09. The number of nitrogens with one attached hydrogen (secondary N) is 1. The molecule has 1 aliphatic heterocycles. The van der Waals surface area contributed by atoms with Crippen LogP contribution < -0.4 is 10.1 Å². The van der Waals surface area contributed by atoms with Crippen molar-refractivity contribution in [3.05, 3.63) is 77.9 Å². The summed E-state index contributed by atoms with van der Waals surface area (Å²) >= 11 is 1.35. The van der Waals surface area contributed by atoms with Crippen LogP contribution in [0.2, 0.25) is 0 Å². The summed E-state index contributed by atoms with van der Waals surface area (Å²) in [7, 11) is 0. The molecule has 0 bridgehead atoms. The quantitative estimate of drug-likeness (QED) is 0.542. The summed E-state index contributed by atoms with van der Waals surface area (Å²) in [6.07, 6.45) is 1.68. The van der Waals surface area contributed by atoms with E-state index in [-0.39, 0.29) is 5.91 Å². The fourth-order valence-electron chi connectivity index (χ4n) is 2.79. The fourth-order valence-corrected chi connectivity index (χ4v) is 3.42. The lowest BCUT2D eigenvalue weighted by Crippen LogP contribution is -2.19. The van der Waals surface area contributed by atoms with Crippen LogP contribution in [0.5, 0.6) is 5.75 Å². The van der Waals surface area contributed by atoms with E-state index in [1.165, 1.54) is 11.8 Å². The van der Waals surface area contributed by atoms with Crippen molar-refractivity contribution in [2.24, 2.45) is 10.2 Å². The van der Waals surface area contributed by atoms with E-state index in [0.717, 1.165) is 27.6 Å². The molecule has 1 heterocycles. The van der Waals surface area contributed by atoms with E-state index in [0.29, 0.717) is 17.5 Å². The molecule has 27 heavy (non-hydrogen) atoms. The molecule has 0 unspecified atom stereocenters. The summed E-state index contributed by atoms with van der Waals surface area (Å²) in [4.78, 5) is 11.3. The predicted molar refractivity (Wildman–Crippen MR) is 110 cm³/mol. The van der Waals surface area contributed by atoms with Gasteiger partial charge in [0.15, 0.2) is 5.17 Å². The molecule has 0 radical (unpaired) electrons. The van der Waals surface area contributed by atoms with E-state index in [4.69, 9.17) is 4.74 Å². The van der Waals surface area contributed by atoms with Gasteiger partial charge in [-0.25, -0.2) is 0 Å². The lowest BCUT2D eigenvalue weighted by molar-refractivity contribution is -0.116. The van der Waals surface area contributed by atoms with Crippen LogP contribution in [0, 0.1) is 0 Å². The molecule has 1 fully saturated rings. The zero-order valence-corrected chi connectivity index (χ0v) is 15.3. The zero-order valence-electron chi connectivity index (χ0n) is 14.5. The van der Waals surface area contributed by atoms with Crippen LogP contribution in [0.4, 0.5) is 0 Å². The molecule has 0 spiro atoms. The maximum absolute atomic E-state index is 11.3. The molecule has 4 rings (SSSR count). The first-order valence-electron chi connectivity index (χ1n) is 8.52. The van der Waals surface area contributed by atoms with Crippen molar-refractivity contribution in [2.45, 2.75) is 6.61 Å². The van der Waals surface area contributed by atoms with Gasteiger partial charge >= 0.3 is 0 Å². The molecular formula is C21H17N3O2S. The van der Waals surface area contributed by atoms with Crippen molar-refractivity contribution >= 4 is 39.8 Å². The number of hydrogen-bond acceptors (Lipinski definition) is 5. The van der Waals surface area contributed by atoms with Gasteiger partial charge in [0, 0.05) is 5.56 Å². The predicted octanol–water partition coefficient (Wildman–Crippen LogP) is 3.97. The fraction of sp³-hybridized carbons (Fsp3) is 0.0952. The Morgan fingerprint density at radius 1 is 1.04 bits per heavy atom. The molecule has 1 amide bonds. The third-order valence-corrected chi connectivity index (χ3v) is 4.95. The first-order chi connectivity index (χ1) is 13.3. The molecule has 3 aromatic rings. The zero-order chi connectivity index (χ0) is 18.5. The lowest BCUT2D eigenvalue weighted by Gasteiger charge is -2.11. The first kappa shape index (κ1) is 17.3. The number of amides is 1. The van der Waals surface area contributed by atoms with Gasteiger partial charge in [-0.2, -0.15) is 5.10 Å². The molecule has 0 saturated carbocycles. The lowest BCUT2D eigenvalue weighted by atomic mass is 10.0. The number of hydrogen-bond donors (Lipinski definition) is 1. The number of rotatable bonds is 5. The first-order valence-corrected chi connectivity index (χ1v) is 9.50. The van der Waals surface area contributed by atoms with Crippen LogP contribution in [0.25, 0.3) is 10.8 Å². The van der Waals surface area contributed by atoms with E-state index in [1.54, 1.807) is 6.21 Å². The molecule has 1 N–H and O–H groups in total. The van der Waals surface area contributed by atoms with Gasteiger partial charge in [-0.3, -0.25) is 4.79 Å². The van der Waals surface area contributed by atoms with Crippen molar-refractivity contribution in [1.82, 2.24) is 5.32 Å². The summed E-state index contributed by atoms with van der Waals surface area (Å²) in [5.74, 6) is 1.07. The number of ether oxygens (including phenoxy) is 1. The number of amidine groups is 1. The van der Waals surface area contributed by atoms with E-state index >= 15 is 0 Å². The average molecular weight is 375 g/mol. The van der Waals surface area contributed by atoms with Crippen molar-refractivity contribution < 1.29 is 9.53 Å². The monoisotopic (exact) mass is 375 g/mol. The maximum Gasteiger partial charge on any atom is 0.236 e. The Hall–Kier alpha value is -3.12. The Morgan fingerprint density at radius 3 is 2.67 bits per heavy atom. The molecule has 1 aliphatic rings. The molecule has 0 aromatic heterocycles. The van der Waals surface area contributed by atoms with Crippen LogP contribution in [0.3, 0.4) is 0 Å². The topological polar surface area (TPSA) is 63.0 Å². The van der Waals surface area contributed by atoms with Gasteiger partial charge in [-0.1, -0.05) is 72.4 Å². The van der Waals surface area contributed by atoms with Gasteiger partial charge in [0.1, 0.15) is 12.4 Å². The number of fused-ring (bicyclic) bond motifs is 1. The largest absolute Gasteiger partial charge is 0.488 e. The van der Waals surface area contributed by atoms with Crippen molar-refractivity contribution in [3.8, 4) is 5.75 Å². The number of thioether (sulfide) groups is 1. The van der Waals surface area contributed by atoms with E-state index in [9.17, 15) is 4.79 Å². The van der Waals surface area contributed by atoms with Crippen molar-refractivity contribution in [2.75, 3.05) is 5.75 Å². The Labute approximate surface area is 161 Å². The minimum atomic E-state index is -0.0500. The van der Waals surface area contributed by atoms with Crippen LogP contribution in [0.1, 0.15) is 11.1 Å². The second kappa shape index (κ2) is 8.05. The Kier molecular flexibility index (Phi) is 5.16. The SMILES string of the molecule is O=C1CS/C(=N/N=Cc2c(OCc3ccccc3)ccc3ccccc23)N1. The third kappa shape index (κ3) is 4.17. The van der Waals surface area contributed by atoms with Gasteiger partial charge in [0.25, 0.3) is 0 Å². The van der Waals surface area contributed by atoms with E-state index < -0.39 is 0 Å². The van der Waals surface area contributed by atoms with Crippen LogP contribution in [-0.2, 0) is 11.4 Å². The highest BCUT2D eigenvalue weighted by molar-refractivity contribution is 8.15. The van der Waals surface area contributed by atoms with Crippen molar-refractivity contribution in [3.63, 3.8) is 0 Å². The highest BCUT2D eigenvalue weighted by Crippen LogP contribution is 2.27. The van der Waals surface area contributed by atoms with E-state index in [2.05, 4.69) is 15.5 Å². The number of benzene rings is 3. The summed E-state index contributed by atoms with van der Waals surface area (Å²) < 4.78 is 6.06. The van der Waals surface area contributed by atoms with Gasteiger partial charge in [-0.05, 0) is 22.4 Å². The molecule has 5 nitrogen and oxygen atoms in total. The second-order valence-corrected chi connectivity index (χ2v) is 6.92. The normalized spacial score (nSPS) is 15.6. The van der Waals surface area contributed by atoms with Gasteiger partial charge < -0.3 is 10.1 Å². The van der Waals surface area contributed by atoms with Crippen LogP contribution in [-0.4, -0.2) is 23.0 Å². The molecule has 0 atom stereocenters. The summed E-state index contributed by atoms with van der Waals surface area (Å²) in [5.41, 5.74) is 1.96. The maximum atomic E-state index is 11.3. The van der Waals surface area contributed by atoms with Crippen molar-refractivity contribution in [1.29, 1.82) is 0 Å². The number of carbonyl (C=O) groups is 1. The Balaban J connectivity index is 1.64. The highest BCUT2D eigenvalue weighted by Gasteiger charge is 2.16. The van der Waals surface area contributed by atoms with Crippen LogP contribution in [0.15, 0.2) is 76.9 Å². The number of carbonyl (C=O) groups excluding carboxylic acids is 1. The summed E-state index contributed by atoms with van der Waals surface area (Å²) in [6, 6.07) is 22.1. The minimum absolute atomic E-state index is 0.0500. The highest BCUT2D eigenvalue weighted by atomic mass is 32.2. The minimum Gasteiger partial charge on any atom is -0.488 e. The summed E-state index contributed by atoms with van der Waals surface area (Å²) in [6.45, 7) is 0.473. The van der Waals surface area contributed by atoms with Gasteiger partial charge in [-0.15, -0.1) is 5.10 Å². The van der Waals surface area contributed by atoms with Gasteiger partial charge in [0.05, 0.1) is 12.0 Å². The molecular weight excluding hydrogens is 358 g/mol.